The van der Waals surface area contributed by atoms with Gasteiger partial charge >= 0.3 is 0 Å². The molecule has 240 valence electrons. The average Bonchev–Trinajstić information content (AvgIpc) is 3.12. The molecule has 0 spiro atoms. The van der Waals surface area contributed by atoms with Crippen molar-refractivity contribution >= 4 is 67.4 Å². The first kappa shape index (κ1) is 31.6. The van der Waals surface area contributed by atoms with Crippen molar-refractivity contribution in [1.29, 1.82) is 0 Å². The summed E-state index contributed by atoms with van der Waals surface area (Å²) in [7, 11) is -4.24. The van der Waals surface area contributed by atoms with E-state index in [1.807, 2.05) is 72.8 Å². The van der Waals surface area contributed by atoms with Gasteiger partial charge in [0.2, 0.25) is 0 Å². The predicted molar refractivity (Wildman–Crippen MR) is 199 cm³/mol. The molecule has 1 unspecified atom stereocenters. The Morgan fingerprint density at radius 3 is 1.25 bits per heavy atom. The van der Waals surface area contributed by atoms with Gasteiger partial charge < -0.3 is 14.7 Å². The lowest BCUT2D eigenvalue weighted by Gasteiger charge is -2.40. The Hall–Kier alpha value is -5.02. The van der Waals surface area contributed by atoms with Crippen LogP contribution in [0.5, 0.6) is 0 Å². The number of para-hydroxylation sites is 6. The van der Waals surface area contributed by atoms with E-state index in [0.717, 1.165) is 55.3 Å². The summed E-state index contributed by atoms with van der Waals surface area (Å²) in [4.78, 5) is 8.86. The van der Waals surface area contributed by atoms with Gasteiger partial charge in [-0.15, -0.1) is 0 Å². The number of nitrogens with zero attached hydrogens (tertiary/aromatic N) is 3. The van der Waals surface area contributed by atoms with Crippen LogP contribution in [-0.2, 0) is 10.1 Å². The van der Waals surface area contributed by atoms with Gasteiger partial charge in [-0.25, -0.2) is 0 Å². The van der Waals surface area contributed by atoms with Gasteiger partial charge in [0, 0.05) is 39.1 Å². The molecule has 1 aliphatic heterocycles. The van der Waals surface area contributed by atoms with Crippen LogP contribution in [0.1, 0.15) is 13.3 Å². The zero-order valence-corrected chi connectivity index (χ0v) is 28.1. The second-order valence-corrected chi connectivity index (χ2v) is 14.5. The third kappa shape index (κ3) is 6.30. The van der Waals surface area contributed by atoms with Crippen molar-refractivity contribution in [2.45, 2.75) is 28.4 Å². The van der Waals surface area contributed by atoms with Gasteiger partial charge in [-0.05, 0) is 86.1 Å². The quantitative estimate of drug-likeness (QED) is 0.146. The number of fused-ring (bicyclic) bond motifs is 2. The van der Waals surface area contributed by atoms with E-state index in [-0.39, 0.29) is 6.42 Å². The maximum atomic E-state index is 12.3. The fraction of sp³-hybridized carbons (Fsp3) is 0.100. The van der Waals surface area contributed by atoms with Crippen LogP contribution in [0.25, 0.3) is 0 Å². The summed E-state index contributed by atoms with van der Waals surface area (Å²) in [5, 5.41) is -0.947. The minimum atomic E-state index is -4.24. The third-order valence-electron chi connectivity index (χ3n) is 8.52. The molecule has 1 heterocycles. The average molecular weight is 670 g/mol. The molecule has 0 saturated carbocycles. The summed E-state index contributed by atoms with van der Waals surface area (Å²) < 4.78 is 34.6. The highest BCUT2D eigenvalue weighted by molar-refractivity contribution is 7.99. The molecular weight excluding hydrogens is 635 g/mol. The van der Waals surface area contributed by atoms with E-state index >= 15 is 0 Å². The molecule has 7 rings (SSSR count). The highest BCUT2D eigenvalue weighted by Crippen LogP contribution is 2.57. The largest absolute Gasteiger partial charge is 0.336 e. The lowest BCUT2D eigenvalue weighted by Crippen LogP contribution is -2.30. The first-order valence-corrected chi connectivity index (χ1v) is 18.2. The SMILES string of the molecule is CC(CCN1c2c(cccc2N(c2ccccc2)c2ccccc2)Sc2cccc(N(c3ccccc3)c3ccccc3)c21)S(=O)(=O)O. The molecule has 6 aromatic rings. The topological polar surface area (TPSA) is 64.1 Å². The van der Waals surface area contributed by atoms with E-state index in [9.17, 15) is 13.0 Å². The molecule has 1 atom stereocenters. The van der Waals surface area contributed by atoms with Crippen LogP contribution >= 0.6 is 11.8 Å². The fourth-order valence-corrected chi connectivity index (χ4v) is 7.72. The molecule has 0 fully saturated rings. The summed E-state index contributed by atoms with van der Waals surface area (Å²) in [5.41, 5.74) is 7.87. The molecule has 1 N–H and O–H groups in total. The van der Waals surface area contributed by atoms with E-state index in [0.29, 0.717) is 6.54 Å². The van der Waals surface area contributed by atoms with Gasteiger partial charge in [-0.3, -0.25) is 4.55 Å². The molecule has 0 saturated heterocycles. The molecule has 0 bridgehead atoms. The molecule has 8 heteroatoms. The normalized spacial score (nSPS) is 12.9. The fourth-order valence-electron chi connectivity index (χ4n) is 6.17. The molecule has 0 aromatic heterocycles. The van der Waals surface area contributed by atoms with E-state index in [4.69, 9.17) is 0 Å². The van der Waals surface area contributed by atoms with Crippen LogP contribution < -0.4 is 14.7 Å². The second-order valence-electron chi connectivity index (χ2n) is 11.6. The first-order valence-electron chi connectivity index (χ1n) is 15.9. The van der Waals surface area contributed by atoms with Crippen LogP contribution in [0.15, 0.2) is 168 Å². The zero-order valence-electron chi connectivity index (χ0n) is 26.4. The summed E-state index contributed by atoms with van der Waals surface area (Å²) in [6, 6.07) is 53.7. The van der Waals surface area contributed by atoms with Crippen LogP contribution in [0, 0.1) is 0 Å². The smallest absolute Gasteiger partial charge is 0.267 e. The predicted octanol–water partition coefficient (Wildman–Crippen LogP) is 10.9. The molecular formula is C40H35N3O3S2. The van der Waals surface area contributed by atoms with Crippen LogP contribution in [0.2, 0.25) is 0 Å². The minimum absolute atomic E-state index is 0.221. The van der Waals surface area contributed by atoms with Crippen LogP contribution in [0.3, 0.4) is 0 Å². The van der Waals surface area contributed by atoms with Crippen molar-refractivity contribution in [3.05, 3.63) is 158 Å². The molecule has 48 heavy (non-hydrogen) atoms. The molecule has 0 radical (unpaired) electrons. The Morgan fingerprint density at radius 2 is 0.917 bits per heavy atom. The maximum Gasteiger partial charge on any atom is 0.267 e. The highest BCUT2D eigenvalue weighted by atomic mass is 32.2. The highest BCUT2D eigenvalue weighted by Gasteiger charge is 2.33. The Kier molecular flexibility index (Phi) is 8.95. The van der Waals surface area contributed by atoms with Crippen LogP contribution in [0.4, 0.5) is 45.5 Å². The lowest BCUT2D eigenvalue weighted by atomic mass is 10.1. The molecule has 0 amide bonds. The van der Waals surface area contributed by atoms with Gasteiger partial charge in [0.25, 0.3) is 10.1 Å². The third-order valence-corrected chi connectivity index (χ3v) is 10.9. The lowest BCUT2D eigenvalue weighted by molar-refractivity contribution is 0.466. The Bertz CT molecular complexity index is 1900. The summed E-state index contributed by atoms with van der Waals surface area (Å²) in [6.45, 7) is 1.92. The van der Waals surface area contributed by atoms with E-state index in [2.05, 4.69) is 99.6 Å². The van der Waals surface area contributed by atoms with Gasteiger partial charge in [-0.1, -0.05) is 96.7 Å². The van der Waals surface area contributed by atoms with Gasteiger partial charge in [-0.2, -0.15) is 8.42 Å². The molecule has 0 aliphatic carbocycles. The minimum Gasteiger partial charge on any atom is -0.336 e. The number of anilines is 8. The van der Waals surface area contributed by atoms with E-state index in [1.165, 1.54) is 0 Å². The molecule has 6 aromatic carbocycles. The Balaban J connectivity index is 1.48. The van der Waals surface area contributed by atoms with Gasteiger partial charge in [0.1, 0.15) is 0 Å². The van der Waals surface area contributed by atoms with Gasteiger partial charge in [0.15, 0.2) is 0 Å². The summed E-state index contributed by atoms with van der Waals surface area (Å²) >= 11 is 1.71. The van der Waals surface area contributed by atoms with Crippen LogP contribution in [-0.4, -0.2) is 24.8 Å². The van der Waals surface area contributed by atoms with Crippen molar-refractivity contribution in [2.75, 3.05) is 21.2 Å². The summed E-state index contributed by atoms with van der Waals surface area (Å²) in [6.07, 6.45) is 0.221. The van der Waals surface area contributed by atoms with E-state index < -0.39 is 15.4 Å². The maximum absolute atomic E-state index is 12.3. The van der Waals surface area contributed by atoms with E-state index in [1.54, 1.807) is 18.7 Å². The monoisotopic (exact) mass is 669 g/mol. The standard InChI is InChI=1S/C40H35N3O3S2/c1-30(48(44,45)46)28-29-41-39-35(42(31-16-6-2-7-17-31)32-18-8-3-9-19-32)24-14-26-37(39)47-38-27-15-25-36(40(38)41)43(33-20-10-4-11-21-33)34-22-12-5-13-23-34/h2-27,30H,28-29H2,1H3,(H,44,45,46). The molecule has 1 aliphatic rings. The molecule has 6 nitrogen and oxygen atoms in total. The van der Waals surface area contributed by atoms with Crippen molar-refractivity contribution in [3.63, 3.8) is 0 Å². The number of benzene rings is 6. The summed E-state index contributed by atoms with van der Waals surface area (Å²) in [5.74, 6) is 0. The first-order chi connectivity index (χ1) is 23.4. The second kappa shape index (κ2) is 13.6. The number of hydrogen-bond donors (Lipinski definition) is 1. The van der Waals surface area contributed by atoms with Crippen molar-refractivity contribution in [3.8, 4) is 0 Å². The van der Waals surface area contributed by atoms with Gasteiger partial charge in [0.05, 0.1) is 28.0 Å². The number of hydrogen-bond acceptors (Lipinski definition) is 6. The number of rotatable bonds is 10. The zero-order chi connectivity index (χ0) is 33.1. The van der Waals surface area contributed by atoms with Crippen molar-refractivity contribution < 1.29 is 13.0 Å². The van der Waals surface area contributed by atoms with Crippen molar-refractivity contribution in [2.24, 2.45) is 0 Å². The Morgan fingerprint density at radius 1 is 0.562 bits per heavy atom. The Labute approximate surface area is 286 Å². The van der Waals surface area contributed by atoms with Crippen molar-refractivity contribution in [1.82, 2.24) is 0 Å².